The quantitative estimate of drug-likeness (QED) is 0.780. The van der Waals surface area contributed by atoms with Crippen molar-refractivity contribution in [3.63, 3.8) is 0 Å². The van der Waals surface area contributed by atoms with Gasteiger partial charge in [0.05, 0.1) is 25.0 Å². The average Bonchev–Trinajstić information content (AvgIpc) is 2.64. The van der Waals surface area contributed by atoms with Gasteiger partial charge < -0.3 is 15.5 Å². The van der Waals surface area contributed by atoms with Crippen molar-refractivity contribution in [2.24, 2.45) is 0 Å². The first-order chi connectivity index (χ1) is 12.6. The second-order valence-electron chi connectivity index (χ2n) is 5.82. The van der Waals surface area contributed by atoms with Crippen LogP contribution in [-0.2, 0) is 0 Å². The molecule has 0 unspecified atom stereocenters. The van der Waals surface area contributed by atoms with Gasteiger partial charge >= 0.3 is 0 Å². The molecular weight excluding hydrogens is 326 g/mol. The van der Waals surface area contributed by atoms with E-state index in [-0.39, 0.29) is 0 Å². The lowest BCUT2D eigenvalue weighted by molar-refractivity contribution is 0.780. The summed E-state index contributed by atoms with van der Waals surface area (Å²) in [6, 6.07) is 12.4. The Morgan fingerprint density at radius 2 is 1.73 bits per heavy atom. The van der Waals surface area contributed by atoms with Crippen molar-refractivity contribution in [1.82, 2.24) is 9.97 Å². The third-order valence-corrected chi connectivity index (χ3v) is 4.01. The van der Waals surface area contributed by atoms with Crippen LogP contribution in [0.3, 0.4) is 0 Å². The summed E-state index contributed by atoms with van der Waals surface area (Å²) in [6.45, 7) is 5.70. The summed E-state index contributed by atoms with van der Waals surface area (Å²) in [6.07, 6.45) is 2.14. The third-order valence-electron chi connectivity index (χ3n) is 4.01. The minimum absolute atomic E-state index is 0.333. The molecule has 0 radical (unpaired) electrons. The number of benzene rings is 1. The van der Waals surface area contributed by atoms with Gasteiger partial charge in [0.2, 0.25) is 0 Å². The third kappa shape index (κ3) is 4.40. The highest BCUT2D eigenvalue weighted by Crippen LogP contribution is 2.33. The molecule has 2 N–H and O–H groups in total. The fraction of sp³-hybridized carbons (Fsp3) is 0.368. The van der Waals surface area contributed by atoms with Crippen LogP contribution >= 0.6 is 0 Å². The number of hydrogen-bond donors (Lipinski definition) is 1. The van der Waals surface area contributed by atoms with E-state index in [4.69, 9.17) is 16.3 Å². The van der Waals surface area contributed by atoms with Gasteiger partial charge in [-0.3, -0.25) is 0 Å². The van der Waals surface area contributed by atoms with Crippen LogP contribution in [0, 0.1) is 29.6 Å². The lowest BCUT2D eigenvalue weighted by Crippen LogP contribution is -2.28. The molecule has 2 aromatic rings. The van der Waals surface area contributed by atoms with Crippen LogP contribution in [0.15, 0.2) is 30.6 Å². The molecule has 0 fully saturated rings. The van der Waals surface area contributed by atoms with Crippen molar-refractivity contribution in [3.05, 3.63) is 36.2 Å². The molecule has 1 aromatic heterocycles. The summed E-state index contributed by atoms with van der Waals surface area (Å²) in [5.74, 6) is 1.19. The minimum atomic E-state index is 0.333. The van der Waals surface area contributed by atoms with Crippen molar-refractivity contribution in [2.45, 2.75) is 26.7 Å². The fourth-order valence-corrected chi connectivity index (χ4v) is 2.79. The molecule has 26 heavy (non-hydrogen) atoms. The molecule has 0 atom stereocenters. The lowest BCUT2D eigenvalue weighted by atomic mass is 10.2. The van der Waals surface area contributed by atoms with Gasteiger partial charge in [0.25, 0.3) is 0 Å². The summed E-state index contributed by atoms with van der Waals surface area (Å²) >= 11 is 0. The van der Waals surface area contributed by atoms with Gasteiger partial charge in [-0.15, -0.1) is 0 Å². The van der Waals surface area contributed by atoms with Gasteiger partial charge in [0, 0.05) is 25.3 Å². The number of aryl methyl sites for hydroxylation is 1. The maximum Gasteiger partial charge on any atom is 0.161 e. The highest BCUT2D eigenvalue weighted by Gasteiger charge is 2.19. The Kier molecular flexibility index (Phi) is 6.75. The fourth-order valence-electron chi connectivity index (χ4n) is 2.79. The van der Waals surface area contributed by atoms with Gasteiger partial charge in [0.1, 0.15) is 12.0 Å². The second kappa shape index (κ2) is 9.24. The van der Waals surface area contributed by atoms with Gasteiger partial charge in [-0.25, -0.2) is 9.97 Å². The van der Waals surface area contributed by atoms with E-state index in [0.717, 1.165) is 11.3 Å². The van der Waals surface area contributed by atoms with Crippen LogP contribution in [0.4, 0.5) is 23.0 Å². The normalized spacial score (nSPS) is 10.0. The van der Waals surface area contributed by atoms with E-state index in [1.54, 1.807) is 0 Å². The molecule has 0 spiro atoms. The number of nitrogen functional groups attached to an aromatic ring is 1. The van der Waals surface area contributed by atoms with Crippen molar-refractivity contribution >= 4 is 23.0 Å². The first-order valence-electron chi connectivity index (χ1n) is 8.55. The molecule has 2 rings (SSSR count). The Morgan fingerprint density at radius 3 is 2.31 bits per heavy atom. The van der Waals surface area contributed by atoms with Gasteiger partial charge in [0.15, 0.2) is 11.6 Å². The molecule has 1 heterocycles. The summed E-state index contributed by atoms with van der Waals surface area (Å²) in [4.78, 5) is 12.6. The topological polar surface area (TPSA) is 106 Å². The Bertz CT molecular complexity index is 801. The number of anilines is 4. The molecule has 134 valence electrons. The zero-order chi connectivity index (χ0) is 18.9. The van der Waals surface area contributed by atoms with Crippen molar-refractivity contribution in [1.29, 1.82) is 10.5 Å². The molecule has 1 aromatic carbocycles. The van der Waals surface area contributed by atoms with E-state index >= 15 is 0 Å². The molecule has 7 nitrogen and oxygen atoms in total. The smallest absolute Gasteiger partial charge is 0.161 e. The standard InChI is InChI=1S/C19H23N7/c1-3-26(16-8-4-7-15(2)13-16)19-17(22)18(23-14-24-19)25(11-5-9-20)12-6-10-21/h4,7-8,13-14H,3,5-6,11-12,22H2,1-2H3. The molecule has 0 saturated carbocycles. The summed E-state index contributed by atoms with van der Waals surface area (Å²) < 4.78 is 0. The number of rotatable bonds is 8. The van der Waals surface area contributed by atoms with Crippen molar-refractivity contribution in [3.8, 4) is 12.1 Å². The van der Waals surface area contributed by atoms with Crippen LogP contribution < -0.4 is 15.5 Å². The van der Waals surface area contributed by atoms with E-state index in [1.165, 1.54) is 6.33 Å². The molecular formula is C19H23N7. The number of hydrogen-bond acceptors (Lipinski definition) is 7. The molecule has 0 aliphatic heterocycles. The molecule has 0 amide bonds. The molecule has 0 saturated heterocycles. The maximum atomic E-state index is 8.90. The van der Waals surface area contributed by atoms with E-state index in [2.05, 4.69) is 28.2 Å². The Hall–Kier alpha value is -3.32. The van der Waals surface area contributed by atoms with Gasteiger partial charge in [-0.1, -0.05) is 12.1 Å². The number of nitrogens with zero attached hydrogens (tertiary/aromatic N) is 6. The predicted octanol–water partition coefficient (Wildman–Crippen LogP) is 3.16. The number of aromatic nitrogens is 2. The highest BCUT2D eigenvalue weighted by atomic mass is 15.3. The monoisotopic (exact) mass is 349 g/mol. The lowest BCUT2D eigenvalue weighted by Gasteiger charge is -2.28. The van der Waals surface area contributed by atoms with Gasteiger partial charge in [-0.05, 0) is 31.5 Å². The predicted molar refractivity (Wildman–Crippen MR) is 103 cm³/mol. The van der Waals surface area contributed by atoms with Gasteiger partial charge in [-0.2, -0.15) is 10.5 Å². The average molecular weight is 349 g/mol. The summed E-state index contributed by atoms with van der Waals surface area (Å²) in [5, 5.41) is 17.8. The first-order valence-corrected chi connectivity index (χ1v) is 8.55. The Balaban J connectivity index is 2.43. The zero-order valence-corrected chi connectivity index (χ0v) is 15.2. The van der Waals surface area contributed by atoms with E-state index < -0.39 is 0 Å². The summed E-state index contributed by atoms with van der Waals surface area (Å²) in [5.41, 5.74) is 9.01. The van der Waals surface area contributed by atoms with E-state index in [1.807, 2.05) is 41.8 Å². The first kappa shape index (κ1) is 19.0. The van der Waals surface area contributed by atoms with Crippen LogP contribution in [0.1, 0.15) is 25.3 Å². The largest absolute Gasteiger partial charge is 0.393 e. The molecule has 0 aliphatic rings. The van der Waals surface area contributed by atoms with E-state index in [9.17, 15) is 0 Å². The molecule has 0 aliphatic carbocycles. The van der Waals surface area contributed by atoms with Crippen LogP contribution in [0.5, 0.6) is 0 Å². The summed E-state index contributed by atoms with van der Waals surface area (Å²) in [7, 11) is 0. The minimum Gasteiger partial charge on any atom is -0.393 e. The van der Waals surface area contributed by atoms with Crippen LogP contribution in [0.25, 0.3) is 0 Å². The van der Waals surface area contributed by atoms with Crippen molar-refractivity contribution in [2.75, 3.05) is 35.2 Å². The Morgan fingerprint density at radius 1 is 1.08 bits per heavy atom. The molecule has 7 heteroatoms. The Labute approximate surface area is 154 Å². The van der Waals surface area contributed by atoms with E-state index in [0.29, 0.717) is 49.8 Å². The molecule has 0 bridgehead atoms. The van der Waals surface area contributed by atoms with Crippen LogP contribution in [-0.4, -0.2) is 29.6 Å². The number of nitrogens with two attached hydrogens (primary N) is 1. The zero-order valence-electron chi connectivity index (χ0n) is 15.2. The second-order valence-corrected chi connectivity index (χ2v) is 5.82. The van der Waals surface area contributed by atoms with Crippen LogP contribution in [0.2, 0.25) is 0 Å². The highest BCUT2D eigenvalue weighted by molar-refractivity contribution is 5.79. The maximum absolute atomic E-state index is 8.90. The SMILES string of the molecule is CCN(c1cccc(C)c1)c1ncnc(N(CCC#N)CCC#N)c1N. The van der Waals surface area contributed by atoms with Crippen molar-refractivity contribution < 1.29 is 0 Å². The number of nitriles is 2.